The molecule has 0 aromatic carbocycles. The Labute approximate surface area is 164 Å². The number of alkyl halides is 3. The fourth-order valence-electron chi connectivity index (χ4n) is 3.31. The van der Waals surface area contributed by atoms with Crippen molar-refractivity contribution in [2.24, 2.45) is 0 Å². The highest BCUT2D eigenvalue weighted by molar-refractivity contribution is 5.92. The van der Waals surface area contributed by atoms with Crippen molar-refractivity contribution in [3.8, 4) is 0 Å². The molecule has 1 aliphatic carbocycles. The van der Waals surface area contributed by atoms with Crippen LogP contribution in [0.15, 0.2) is 30.7 Å². The summed E-state index contributed by atoms with van der Waals surface area (Å²) in [7, 11) is 0. The van der Waals surface area contributed by atoms with Gasteiger partial charge < -0.3 is 19.9 Å². The van der Waals surface area contributed by atoms with Gasteiger partial charge in [0.05, 0.1) is 24.9 Å². The van der Waals surface area contributed by atoms with E-state index in [2.05, 4.69) is 25.6 Å². The van der Waals surface area contributed by atoms with E-state index in [-0.39, 0.29) is 23.3 Å². The van der Waals surface area contributed by atoms with Crippen LogP contribution in [0.3, 0.4) is 0 Å². The first-order valence-corrected chi connectivity index (χ1v) is 9.35. The zero-order valence-electron chi connectivity index (χ0n) is 15.6. The lowest BCUT2D eigenvalue weighted by molar-refractivity contribution is -0.137. The van der Waals surface area contributed by atoms with Gasteiger partial charge in [-0.15, -0.1) is 0 Å². The van der Waals surface area contributed by atoms with E-state index in [1.165, 1.54) is 0 Å². The summed E-state index contributed by atoms with van der Waals surface area (Å²) in [6.07, 6.45) is 1.48. The summed E-state index contributed by atoms with van der Waals surface area (Å²) < 4.78 is 47.4. The maximum atomic E-state index is 13.4. The molecule has 10 heteroatoms. The third-order valence-electron chi connectivity index (χ3n) is 5.36. The molecule has 4 heterocycles. The summed E-state index contributed by atoms with van der Waals surface area (Å²) in [4.78, 5) is 12.5. The second-order valence-electron chi connectivity index (χ2n) is 7.78. The summed E-state index contributed by atoms with van der Waals surface area (Å²) in [6.45, 7) is 3.08. The molecular weight excluding hydrogens is 385 g/mol. The number of nitrogens with zero attached hydrogens (tertiary/aromatic N) is 4. The van der Waals surface area contributed by atoms with Crippen LogP contribution in [0.1, 0.15) is 31.4 Å². The van der Waals surface area contributed by atoms with Gasteiger partial charge in [0, 0.05) is 29.5 Å². The minimum Gasteiger partial charge on any atom is -0.377 e. The first-order valence-electron chi connectivity index (χ1n) is 9.35. The molecule has 5 rings (SSSR count). The topological polar surface area (TPSA) is 76.9 Å². The highest BCUT2D eigenvalue weighted by Gasteiger charge is 2.42. The first kappa shape index (κ1) is 18.2. The molecule has 152 valence electrons. The van der Waals surface area contributed by atoms with Crippen molar-refractivity contribution in [2.75, 3.05) is 23.8 Å². The molecule has 7 nitrogen and oxygen atoms in total. The van der Waals surface area contributed by atoms with E-state index in [1.54, 1.807) is 6.20 Å². The van der Waals surface area contributed by atoms with Gasteiger partial charge in [-0.1, -0.05) is 0 Å². The number of hydrogen-bond acceptors (Lipinski definition) is 6. The van der Waals surface area contributed by atoms with Gasteiger partial charge in [0.25, 0.3) is 0 Å². The van der Waals surface area contributed by atoms with Crippen LogP contribution in [0.2, 0.25) is 0 Å². The zero-order chi connectivity index (χ0) is 20.2. The number of hydrogen-bond donors (Lipinski definition) is 2. The van der Waals surface area contributed by atoms with Crippen molar-refractivity contribution < 1.29 is 17.9 Å². The Morgan fingerprint density at radius 1 is 1.24 bits per heavy atom. The second kappa shape index (κ2) is 6.31. The molecule has 0 radical (unpaired) electrons. The van der Waals surface area contributed by atoms with Crippen molar-refractivity contribution >= 4 is 28.5 Å². The molecule has 2 fully saturated rings. The maximum Gasteiger partial charge on any atom is 0.421 e. The normalized spacial score (nSPS) is 18.5. The Hall–Kier alpha value is -2.88. The molecule has 0 unspecified atom stereocenters. The smallest absolute Gasteiger partial charge is 0.377 e. The van der Waals surface area contributed by atoms with Gasteiger partial charge in [-0.3, -0.25) is 0 Å². The van der Waals surface area contributed by atoms with E-state index < -0.39 is 11.7 Å². The van der Waals surface area contributed by atoms with Crippen molar-refractivity contribution in [3.63, 3.8) is 0 Å². The molecule has 0 amide bonds. The van der Waals surface area contributed by atoms with E-state index in [0.29, 0.717) is 18.9 Å². The minimum absolute atomic E-state index is 0.0949. The third-order valence-corrected chi connectivity index (χ3v) is 5.36. The molecule has 3 aromatic rings. The van der Waals surface area contributed by atoms with E-state index >= 15 is 0 Å². The van der Waals surface area contributed by atoms with Crippen LogP contribution in [0, 0.1) is 0 Å². The average molecular weight is 404 g/mol. The fraction of sp³-hybridized carbons (Fsp3) is 0.421. The highest BCUT2D eigenvalue weighted by Crippen LogP contribution is 2.42. The van der Waals surface area contributed by atoms with Gasteiger partial charge in [0.1, 0.15) is 17.0 Å². The molecular formula is C19H19F3N6O. The number of halogens is 3. The van der Waals surface area contributed by atoms with E-state index in [9.17, 15) is 13.2 Å². The van der Waals surface area contributed by atoms with Crippen LogP contribution in [0.25, 0.3) is 11.0 Å². The monoisotopic (exact) mass is 404 g/mol. The molecule has 0 bridgehead atoms. The molecule has 0 spiro atoms. The molecule has 1 saturated carbocycles. The van der Waals surface area contributed by atoms with Crippen molar-refractivity contribution in [2.45, 2.75) is 37.5 Å². The van der Waals surface area contributed by atoms with E-state index in [1.807, 2.05) is 29.8 Å². The van der Waals surface area contributed by atoms with E-state index in [0.717, 1.165) is 30.1 Å². The lowest BCUT2D eigenvalue weighted by Crippen LogP contribution is -2.30. The molecule has 0 atom stereocenters. The predicted molar refractivity (Wildman–Crippen MR) is 101 cm³/mol. The summed E-state index contributed by atoms with van der Waals surface area (Å²) in [6, 6.07) is 3.89. The van der Waals surface area contributed by atoms with Gasteiger partial charge in [-0.2, -0.15) is 18.2 Å². The lowest BCUT2D eigenvalue weighted by Gasteiger charge is -2.27. The Morgan fingerprint density at radius 3 is 2.69 bits per heavy atom. The van der Waals surface area contributed by atoms with Crippen LogP contribution < -0.4 is 10.6 Å². The number of pyridine rings is 1. The van der Waals surface area contributed by atoms with Crippen LogP contribution in [0.5, 0.6) is 0 Å². The van der Waals surface area contributed by atoms with Gasteiger partial charge in [-0.25, -0.2) is 9.97 Å². The van der Waals surface area contributed by atoms with Crippen LogP contribution in [-0.2, 0) is 10.9 Å². The summed E-state index contributed by atoms with van der Waals surface area (Å²) in [5, 5.41) is 6.83. The first-order chi connectivity index (χ1) is 13.8. The third kappa shape index (κ3) is 3.37. The average Bonchev–Trinajstić information content (AvgIpc) is 3.24. The van der Waals surface area contributed by atoms with E-state index in [4.69, 9.17) is 4.74 Å². The summed E-state index contributed by atoms with van der Waals surface area (Å²) >= 11 is 0. The minimum atomic E-state index is -4.53. The quantitative estimate of drug-likeness (QED) is 0.666. The van der Waals surface area contributed by atoms with Gasteiger partial charge in [-0.05, 0) is 31.9 Å². The van der Waals surface area contributed by atoms with Crippen LogP contribution in [0.4, 0.5) is 30.6 Å². The fourth-order valence-corrected chi connectivity index (χ4v) is 3.31. The number of nitrogens with one attached hydrogen (secondary N) is 2. The lowest BCUT2D eigenvalue weighted by atomic mass is 10.2. The standard InChI is InChI=1S/C19H19F3N6O/c1-18(4-5-18)27-15-13(19(20,21)22)7-24-17(26-15)25-14-8-28(11-9-29-10-11)16-12(14)3-2-6-23-16/h2-3,6-8,11H,4-5,9-10H2,1H3,(H2,24,25,26,27). The SMILES string of the molecule is CC1(Nc2nc(Nc3cn(C4COC4)c4ncccc34)ncc2C(F)(F)F)CC1. The molecule has 1 aliphatic heterocycles. The Bertz CT molecular complexity index is 1070. The van der Waals surface area contributed by atoms with Crippen molar-refractivity contribution in [1.29, 1.82) is 0 Å². The molecule has 2 N–H and O–H groups in total. The molecule has 1 saturated heterocycles. The summed E-state index contributed by atoms with van der Waals surface area (Å²) in [5.41, 5.74) is 0.241. The maximum absolute atomic E-state index is 13.4. The Kier molecular flexibility index (Phi) is 3.95. The van der Waals surface area contributed by atoms with Crippen molar-refractivity contribution in [1.82, 2.24) is 19.5 Å². The number of aromatic nitrogens is 4. The van der Waals surface area contributed by atoms with Crippen LogP contribution >= 0.6 is 0 Å². The van der Waals surface area contributed by atoms with Crippen molar-refractivity contribution in [3.05, 3.63) is 36.3 Å². The predicted octanol–water partition coefficient (Wildman–Crippen LogP) is 4.12. The number of rotatable bonds is 5. The summed E-state index contributed by atoms with van der Waals surface area (Å²) in [5.74, 6) is -0.109. The van der Waals surface area contributed by atoms with Gasteiger partial charge in [0.2, 0.25) is 5.95 Å². The molecule has 3 aromatic heterocycles. The molecule has 2 aliphatic rings. The number of anilines is 3. The van der Waals surface area contributed by atoms with Gasteiger partial charge >= 0.3 is 6.18 Å². The largest absolute Gasteiger partial charge is 0.421 e. The Morgan fingerprint density at radius 2 is 2.03 bits per heavy atom. The number of fused-ring (bicyclic) bond motifs is 1. The van der Waals surface area contributed by atoms with Gasteiger partial charge in [0.15, 0.2) is 0 Å². The van der Waals surface area contributed by atoms with Crippen LogP contribution in [-0.4, -0.2) is 38.3 Å². The highest BCUT2D eigenvalue weighted by atomic mass is 19.4. The Balaban J connectivity index is 1.51. The molecule has 29 heavy (non-hydrogen) atoms. The second-order valence-corrected chi connectivity index (χ2v) is 7.78. The zero-order valence-corrected chi connectivity index (χ0v) is 15.6. The number of ether oxygens (including phenoxy) is 1.